The van der Waals surface area contributed by atoms with Gasteiger partial charge in [0.05, 0.1) is 5.69 Å². The largest absolute Gasteiger partial charge is 0.724 e. The van der Waals surface area contributed by atoms with Crippen LogP contribution in [0.25, 0.3) is 5.57 Å². The molecule has 2 aromatic rings. The average molecular weight is 321 g/mol. The molecule has 0 fully saturated rings. The van der Waals surface area contributed by atoms with Gasteiger partial charge in [-0.15, -0.1) is 0 Å². The third-order valence-corrected chi connectivity index (χ3v) is 4.21. The maximum atomic E-state index is 12.1. The standard InChI is InChI=1S/C20H21N2O2/c1-14-3-6-16(7-4-14)17-8-11-19(12-9-17)24-22(23)18-10-5-15(2)20(21)13-18/h3-8,10-11,13H,9,12,21H2,1-2H3/q-1. The highest BCUT2D eigenvalue weighted by Gasteiger charge is 2.11. The van der Waals surface area contributed by atoms with Crippen LogP contribution in [0.5, 0.6) is 0 Å². The first-order valence-corrected chi connectivity index (χ1v) is 8.01. The van der Waals surface area contributed by atoms with Crippen molar-refractivity contribution in [1.29, 1.82) is 0 Å². The number of hydrogen-bond acceptors (Lipinski definition) is 4. The molecule has 0 spiro atoms. The number of nitrogens with zero attached hydrogens (tertiary/aromatic N) is 1. The predicted molar refractivity (Wildman–Crippen MR) is 99.0 cm³/mol. The van der Waals surface area contributed by atoms with E-state index in [0.717, 1.165) is 12.0 Å². The van der Waals surface area contributed by atoms with Crippen LogP contribution >= 0.6 is 0 Å². The van der Waals surface area contributed by atoms with Crippen molar-refractivity contribution in [3.8, 4) is 0 Å². The van der Waals surface area contributed by atoms with E-state index >= 15 is 0 Å². The molecular weight excluding hydrogens is 300 g/mol. The first-order chi connectivity index (χ1) is 11.5. The number of nitrogen functional groups attached to an aromatic ring is 1. The second-order valence-corrected chi connectivity index (χ2v) is 6.08. The van der Waals surface area contributed by atoms with E-state index in [4.69, 9.17) is 10.6 Å². The van der Waals surface area contributed by atoms with E-state index in [1.165, 1.54) is 16.7 Å². The van der Waals surface area contributed by atoms with E-state index in [0.29, 0.717) is 28.8 Å². The molecule has 0 radical (unpaired) electrons. The van der Waals surface area contributed by atoms with Gasteiger partial charge in [0, 0.05) is 12.1 Å². The van der Waals surface area contributed by atoms with Gasteiger partial charge in [-0.2, -0.15) is 0 Å². The monoisotopic (exact) mass is 321 g/mol. The molecule has 0 aromatic heterocycles. The first-order valence-electron chi connectivity index (χ1n) is 8.01. The van der Waals surface area contributed by atoms with Crippen molar-refractivity contribution in [1.82, 2.24) is 0 Å². The summed E-state index contributed by atoms with van der Waals surface area (Å²) in [5.74, 6) is 0.653. The van der Waals surface area contributed by atoms with Crippen molar-refractivity contribution in [3.05, 3.63) is 82.3 Å². The van der Waals surface area contributed by atoms with Crippen molar-refractivity contribution in [2.24, 2.45) is 0 Å². The van der Waals surface area contributed by atoms with Crippen LogP contribution in [0.15, 0.2) is 60.4 Å². The van der Waals surface area contributed by atoms with Crippen molar-refractivity contribution < 1.29 is 4.84 Å². The summed E-state index contributed by atoms with van der Waals surface area (Å²) < 4.78 is 0. The minimum absolute atomic E-state index is 0.396. The van der Waals surface area contributed by atoms with Crippen LogP contribution in [0.3, 0.4) is 0 Å². The molecule has 0 bridgehead atoms. The summed E-state index contributed by atoms with van der Waals surface area (Å²) in [5, 5.41) is 12.7. The highest BCUT2D eigenvalue weighted by Crippen LogP contribution is 2.29. The number of benzene rings is 2. The molecule has 0 atom stereocenters. The van der Waals surface area contributed by atoms with E-state index in [1.54, 1.807) is 12.1 Å². The smallest absolute Gasteiger partial charge is 0.131 e. The molecule has 0 aliphatic heterocycles. The van der Waals surface area contributed by atoms with E-state index in [1.807, 2.05) is 25.1 Å². The van der Waals surface area contributed by atoms with Gasteiger partial charge in [-0.3, -0.25) is 5.23 Å². The molecule has 3 rings (SSSR count). The molecule has 24 heavy (non-hydrogen) atoms. The number of anilines is 2. The van der Waals surface area contributed by atoms with E-state index in [-0.39, 0.29) is 0 Å². The van der Waals surface area contributed by atoms with Crippen molar-refractivity contribution in [2.45, 2.75) is 26.7 Å². The van der Waals surface area contributed by atoms with Gasteiger partial charge in [-0.1, -0.05) is 42.0 Å². The summed E-state index contributed by atoms with van der Waals surface area (Å²) in [5.41, 5.74) is 11.5. The number of rotatable bonds is 4. The molecule has 0 saturated heterocycles. The predicted octanol–water partition coefficient (Wildman–Crippen LogP) is 4.88. The zero-order valence-corrected chi connectivity index (χ0v) is 14.0. The number of hydrogen-bond donors (Lipinski definition) is 1. The lowest BCUT2D eigenvalue weighted by atomic mass is 9.96. The second-order valence-electron chi connectivity index (χ2n) is 6.08. The minimum atomic E-state index is 0.396. The molecule has 0 heterocycles. The molecule has 0 saturated carbocycles. The Balaban J connectivity index is 1.70. The van der Waals surface area contributed by atoms with Crippen molar-refractivity contribution in [3.63, 3.8) is 0 Å². The van der Waals surface area contributed by atoms with Crippen LogP contribution in [0.1, 0.15) is 29.5 Å². The summed E-state index contributed by atoms with van der Waals surface area (Å²) >= 11 is 0. The highest BCUT2D eigenvalue weighted by atomic mass is 16.9. The maximum absolute atomic E-state index is 12.1. The normalized spacial score (nSPS) is 14.0. The Morgan fingerprint density at radius 1 is 1.00 bits per heavy atom. The Morgan fingerprint density at radius 2 is 1.75 bits per heavy atom. The number of allylic oxidation sites excluding steroid dienone is 4. The lowest BCUT2D eigenvalue weighted by Crippen LogP contribution is -2.16. The summed E-state index contributed by atoms with van der Waals surface area (Å²) in [6.07, 6.45) is 5.42. The summed E-state index contributed by atoms with van der Waals surface area (Å²) in [4.78, 5) is 5.41. The van der Waals surface area contributed by atoms with Crippen LogP contribution in [0, 0.1) is 19.1 Å². The Labute approximate surface area is 142 Å². The summed E-state index contributed by atoms with van der Waals surface area (Å²) in [7, 11) is 0. The molecule has 4 heteroatoms. The van der Waals surface area contributed by atoms with Crippen LogP contribution in [0.4, 0.5) is 11.4 Å². The number of aryl methyl sites for hydroxylation is 2. The summed E-state index contributed by atoms with van der Waals surface area (Å²) in [6, 6.07) is 13.6. The third kappa shape index (κ3) is 3.60. The molecule has 1 aliphatic rings. The van der Waals surface area contributed by atoms with Crippen LogP contribution < -0.4 is 11.0 Å². The van der Waals surface area contributed by atoms with E-state index < -0.39 is 0 Å². The maximum Gasteiger partial charge on any atom is 0.131 e. The lowest BCUT2D eigenvalue weighted by Gasteiger charge is -2.31. The van der Waals surface area contributed by atoms with Crippen LogP contribution in [-0.4, -0.2) is 0 Å². The fraction of sp³-hybridized carbons (Fsp3) is 0.200. The molecule has 0 unspecified atom stereocenters. The molecular formula is C20H21N2O2-. The summed E-state index contributed by atoms with van der Waals surface area (Å²) in [6.45, 7) is 3.97. The van der Waals surface area contributed by atoms with Gasteiger partial charge in [0.1, 0.15) is 5.76 Å². The van der Waals surface area contributed by atoms with Gasteiger partial charge in [0.25, 0.3) is 0 Å². The molecule has 4 nitrogen and oxygen atoms in total. The molecule has 1 aliphatic carbocycles. The Hall–Kier alpha value is -2.72. The molecule has 2 aromatic carbocycles. The average Bonchev–Trinajstić information content (AvgIpc) is 2.59. The van der Waals surface area contributed by atoms with Crippen LogP contribution in [-0.2, 0) is 4.84 Å². The van der Waals surface area contributed by atoms with Crippen LogP contribution in [0.2, 0.25) is 0 Å². The van der Waals surface area contributed by atoms with Gasteiger partial charge in [0.2, 0.25) is 0 Å². The van der Waals surface area contributed by atoms with E-state index in [9.17, 15) is 5.21 Å². The molecule has 124 valence electrons. The minimum Gasteiger partial charge on any atom is -0.724 e. The lowest BCUT2D eigenvalue weighted by molar-refractivity contribution is 0.201. The molecule has 2 N–H and O–H groups in total. The fourth-order valence-electron chi connectivity index (χ4n) is 2.60. The van der Waals surface area contributed by atoms with Crippen molar-refractivity contribution in [2.75, 3.05) is 11.0 Å². The zero-order valence-electron chi connectivity index (χ0n) is 14.0. The second kappa shape index (κ2) is 6.81. The Kier molecular flexibility index (Phi) is 4.58. The van der Waals surface area contributed by atoms with Gasteiger partial charge < -0.3 is 15.8 Å². The van der Waals surface area contributed by atoms with Crippen molar-refractivity contribution >= 4 is 16.9 Å². The first kappa shape index (κ1) is 16.1. The fourth-order valence-corrected chi connectivity index (χ4v) is 2.60. The van der Waals surface area contributed by atoms with Gasteiger partial charge in [-0.05, 0) is 55.2 Å². The van der Waals surface area contributed by atoms with Gasteiger partial charge in [-0.25, -0.2) is 0 Å². The molecule has 0 amide bonds. The third-order valence-electron chi connectivity index (χ3n) is 4.21. The SMILES string of the molecule is Cc1ccc(C2=CC=C(ON([O-])c3ccc(C)c(N)c3)CC2)cc1. The highest BCUT2D eigenvalue weighted by molar-refractivity contribution is 5.68. The number of nitrogens with two attached hydrogens (primary N) is 1. The van der Waals surface area contributed by atoms with Gasteiger partial charge >= 0.3 is 0 Å². The van der Waals surface area contributed by atoms with Gasteiger partial charge in [0.15, 0.2) is 0 Å². The quantitative estimate of drug-likeness (QED) is 0.644. The Bertz CT molecular complexity index is 792. The Morgan fingerprint density at radius 3 is 2.38 bits per heavy atom. The zero-order chi connectivity index (χ0) is 17.1. The van der Waals surface area contributed by atoms with E-state index in [2.05, 4.69) is 31.2 Å². The topological polar surface area (TPSA) is 61.5 Å².